The number of hydrogen-bond acceptors (Lipinski definition) is 5. The van der Waals surface area contributed by atoms with E-state index in [9.17, 15) is 9.90 Å². The predicted molar refractivity (Wildman–Crippen MR) is 77.6 cm³/mol. The molecule has 1 aromatic carbocycles. The van der Waals surface area contributed by atoms with Gasteiger partial charge in [-0.2, -0.15) is 0 Å². The van der Waals surface area contributed by atoms with Crippen LogP contribution < -0.4 is 11.1 Å². The van der Waals surface area contributed by atoms with Crippen LogP contribution in [0.4, 0.5) is 0 Å². The normalized spacial score (nSPS) is 12.1. The first-order chi connectivity index (χ1) is 10.2. The highest BCUT2D eigenvalue weighted by molar-refractivity contribution is 5.92. The molecule has 4 N–H and O–H groups in total. The first-order valence-electron chi connectivity index (χ1n) is 6.78. The lowest BCUT2D eigenvalue weighted by Gasteiger charge is -2.15. The zero-order valence-corrected chi connectivity index (χ0v) is 11.6. The number of carbonyl (C=O) groups is 1. The second-order valence-electron chi connectivity index (χ2n) is 4.70. The van der Waals surface area contributed by atoms with E-state index in [1.807, 2.05) is 30.3 Å². The number of aliphatic hydroxyl groups excluding tert-OH is 1. The third-order valence-corrected chi connectivity index (χ3v) is 3.01. The van der Waals surface area contributed by atoms with Crippen LogP contribution in [0.5, 0.6) is 0 Å². The van der Waals surface area contributed by atoms with Crippen LogP contribution in [0, 0.1) is 0 Å². The van der Waals surface area contributed by atoms with Gasteiger partial charge in [-0.05, 0) is 12.0 Å². The predicted octanol–water partition coefficient (Wildman–Crippen LogP) is -0.430. The van der Waals surface area contributed by atoms with E-state index in [-0.39, 0.29) is 24.2 Å². The van der Waals surface area contributed by atoms with Gasteiger partial charge >= 0.3 is 0 Å². The number of nitrogens with one attached hydrogen (secondary N) is 1. The maximum absolute atomic E-state index is 12.1. The Labute approximate surface area is 122 Å². The van der Waals surface area contributed by atoms with Gasteiger partial charge in [0.25, 0.3) is 5.91 Å². The highest BCUT2D eigenvalue weighted by Gasteiger charge is 2.16. The van der Waals surface area contributed by atoms with Crippen molar-refractivity contribution < 1.29 is 9.90 Å². The number of rotatable bonds is 7. The molecule has 7 nitrogen and oxygen atoms in total. The van der Waals surface area contributed by atoms with Crippen LogP contribution in [0.15, 0.2) is 36.5 Å². The lowest BCUT2D eigenvalue weighted by Crippen LogP contribution is -2.39. The minimum atomic E-state index is -0.362. The molecule has 0 fully saturated rings. The van der Waals surface area contributed by atoms with Crippen LogP contribution >= 0.6 is 0 Å². The standard InChI is InChI=1S/C14H19N5O2/c15-6-7-19-9-13(17-18-19)14(21)16-12(10-20)8-11-4-2-1-3-5-11/h1-5,9,12,20H,6-8,10,15H2,(H,16,21). The van der Waals surface area contributed by atoms with Gasteiger partial charge in [-0.15, -0.1) is 5.10 Å². The van der Waals surface area contributed by atoms with Crippen molar-refractivity contribution in [3.05, 3.63) is 47.8 Å². The van der Waals surface area contributed by atoms with E-state index in [1.54, 1.807) is 6.20 Å². The first-order valence-corrected chi connectivity index (χ1v) is 6.78. The van der Waals surface area contributed by atoms with Crippen molar-refractivity contribution >= 4 is 5.91 Å². The number of amides is 1. The Kier molecular flexibility index (Phi) is 5.42. The van der Waals surface area contributed by atoms with Crippen LogP contribution in [-0.2, 0) is 13.0 Å². The first kappa shape index (κ1) is 15.1. The van der Waals surface area contributed by atoms with Crippen molar-refractivity contribution in [2.75, 3.05) is 13.2 Å². The lowest BCUT2D eigenvalue weighted by atomic mass is 10.1. The molecule has 1 unspecified atom stereocenters. The molecule has 0 radical (unpaired) electrons. The molecule has 0 aliphatic carbocycles. The Morgan fingerprint density at radius 3 is 2.81 bits per heavy atom. The molecule has 0 aliphatic rings. The summed E-state index contributed by atoms with van der Waals surface area (Å²) in [6.07, 6.45) is 2.10. The molecule has 21 heavy (non-hydrogen) atoms. The Bertz CT molecular complexity index is 570. The minimum absolute atomic E-state index is 0.141. The Morgan fingerprint density at radius 1 is 1.38 bits per heavy atom. The second-order valence-corrected chi connectivity index (χ2v) is 4.70. The Morgan fingerprint density at radius 2 is 2.14 bits per heavy atom. The summed E-state index contributed by atoms with van der Waals surface area (Å²) >= 11 is 0. The number of aromatic nitrogens is 3. The van der Waals surface area contributed by atoms with Gasteiger partial charge in [-0.3, -0.25) is 9.48 Å². The highest BCUT2D eigenvalue weighted by atomic mass is 16.3. The van der Waals surface area contributed by atoms with Crippen LogP contribution in [0.2, 0.25) is 0 Å². The summed E-state index contributed by atoms with van der Waals surface area (Å²) in [6.45, 7) is 0.795. The number of carbonyl (C=O) groups excluding carboxylic acids is 1. The molecule has 0 saturated heterocycles. The van der Waals surface area contributed by atoms with Gasteiger partial charge in [0.05, 0.1) is 25.4 Å². The molecule has 0 aliphatic heterocycles. The third-order valence-electron chi connectivity index (χ3n) is 3.01. The molecule has 0 saturated carbocycles. The summed E-state index contributed by atoms with van der Waals surface area (Å²) in [6, 6.07) is 9.30. The van der Waals surface area contributed by atoms with Crippen LogP contribution in [0.1, 0.15) is 16.1 Å². The fourth-order valence-corrected chi connectivity index (χ4v) is 1.96. The summed E-state index contributed by atoms with van der Waals surface area (Å²) < 4.78 is 1.51. The largest absolute Gasteiger partial charge is 0.394 e. The molecule has 1 amide bonds. The zero-order chi connectivity index (χ0) is 15.1. The maximum Gasteiger partial charge on any atom is 0.273 e. The minimum Gasteiger partial charge on any atom is -0.394 e. The number of nitrogens with zero attached hydrogens (tertiary/aromatic N) is 3. The van der Waals surface area contributed by atoms with Crippen molar-refractivity contribution in [3.63, 3.8) is 0 Å². The van der Waals surface area contributed by atoms with E-state index in [2.05, 4.69) is 15.6 Å². The molecule has 2 rings (SSSR count). The highest BCUT2D eigenvalue weighted by Crippen LogP contribution is 2.04. The quantitative estimate of drug-likeness (QED) is 0.641. The van der Waals surface area contributed by atoms with Gasteiger partial charge in [0, 0.05) is 6.54 Å². The summed E-state index contributed by atoms with van der Waals surface area (Å²) in [5, 5.41) is 19.8. The van der Waals surface area contributed by atoms with Gasteiger partial charge in [-0.1, -0.05) is 35.5 Å². The van der Waals surface area contributed by atoms with Crippen molar-refractivity contribution in [1.82, 2.24) is 20.3 Å². The van der Waals surface area contributed by atoms with Crippen LogP contribution in [0.3, 0.4) is 0 Å². The molecule has 112 valence electrons. The van der Waals surface area contributed by atoms with Crippen molar-refractivity contribution in [1.29, 1.82) is 0 Å². The van der Waals surface area contributed by atoms with Crippen LogP contribution in [0.25, 0.3) is 0 Å². The van der Waals surface area contributed by atoms with E-state index < -0.39 is 0 Å². The van der Waals surface area contributed by atoms with Crippen molar-refractivity contribution in [2.24, 2.45) is 5.73 Å². The monoisotopic (exact) mass is 289 g/mol. The Balaban J connectivity index is 1.95. The Hall–Kier alpha value is -2.25. The van der Waals surface area contributed by atoms with Gasteiger partial charge in [0.1, 0.15) is 0 Å². The molecule has 1 aromatic heterocycles. The summed E-state index contributed by atoms with van der Waals surface area (Å²) in [5.41, 5.74) is 6.67. The second kappa shape index (κ2) is 7.51. The summed E-state index contributed by atoms with van der Waals surface area (Å²) in [5.74, 6) is -0.353. The summed E-state index contributed by atoms with van der Waals surface area (Å²) in [7, 11) is 0. The number of nitrogens with two attached hydrogens (primary N) is 1. The molecular weight excluding hydrogens is 270 g/mol. The number of benzene rings is 1. The fraction of sp³-hybridized carbons (Fsp3) is 0.357. The molecule has 0 bridgehead atoms. The third kappa shape index (κ3) is 4.37. The van der Waals surface area contributed by atoms with E-state index in [0.717, 1.165) is 5.56 Å². The molecule has 1 heterocycles. The number of aliphatic hydroxyl groups is 1. The average molecular weight is 289 g/mol. The molecule has 1 atom stereocenters. The van der Waals surface area contributed by atoms with E-state index in [1.165, 1.54) is 4.68 Å². The smallest absolute Gasteiger partial charge is 0.273 e. The topological polar surface area (TPSA) is 106 Å². The van der Waals surface area contributed by atoms with E-state index in [0.29, 0.717) is 19.5 Å². The molecule has 2 aromatic rings. The van der Waals surface area contributed by atoms with E-state index >= 15 is 0 Å². The van der Waals surface area contributed by atoms with Crippen LogP contribution in [-0.4, -0.2) is 45.2 Å². The van der Waals surface area contributed by atoms with Gasteiger partial charge in [0.15, 0.2) is 5.69 Å². The molecule has 7 heteroatoms. The molecule has 0 spiro atoms. The fourth-order valence-electron chi connectivity index (χ4n) is 1.96. The van der Waals surface area contributed by atoms with Crippen molar-refractivity contribution in [2.45, 2.75) is 19.0 Å². The average Bonchev–Trinajstić information content (AvgIpc) is 2.97. The van der Waals surface area contributed by atoms with Crippen molar-refractivity contribution in [3.8, 4) is 0 Å². The van der Waals surface area contributed by atoms with E-state index in [4.69, 9.17) is 5.73 Å². The lowest BCUT2D eigenvalue weighted by molar-refractivity contribution is 0.0911. The number of hydrogen-bond donors (Lipinski definition) is 3. The maximum atomic E-state index is 12.1. The van der Waals surface area contributed by atoms with Gasteiger partial charge < -0.3 is 16.2 Å². The zero-order valence-electron chi connectivity index (χ0n) is 11.6. The van der Waals surface area contributed by atoms with Gasteiger partial charge in [0.2, 0.25) is 0 Å². The summed E-state index contributed by atoms with van der Waals surface area (Å²) in [4.78, 5) is 12.1. The SMILES string of the molecule is NCCn1cc(C(=O)NC(CO)Cc2ccccc2)nn1. The van der Waals surface area contributed by atoms with Gasteiger partial charge in [-0.25, -0.2) is 0 Å². The molecular formula is C14H19N5O2.